The molecule has 0 aliphatic heterocycles. The number of nitrogens with one attached hydrogen (secondary N) is 1. The van der Waals surface area contributed by atoms with Crippen LogP contribution in [0.1, 0.15) is 75.3 Å². The number of carboxylic acids is 1. The van der Waals surface area contributed by atoms with Crippen molar-refractivity contribution in [3.63, 3.8) is 0 Å². The van der Waals surface area contributed by atoms with E-state index in [9.17, 15) is 9.90 Å². The summed E-state index contributed by atoms with van der Waals surface area (Å²) in [5.41, 5.74) is 0.0467. The zero-order chi connectivity index (χ0) is 17.9. The molecule has 2 N–H and O–H groups in total. The van der Waals surface area contributed by atoms with Crippen molar-refractivity contribution in [3.8, 4) is 5.06 Å². The van der Waals surface area contributed by atoms with Crippen LogP contribution in [0.2, 0.25) is 0 Å². The fraction of sp³-hybridized carbons (Fsp3) is 0.778. The lowest BCUT2D eigenvalue weighted by molar-refractivity contribution is 0.0687. The lowest BCUT2D eigenvalue weighted by Gasteiger charge is -2.22. The van der Waals surface area contributed by atoms with Gasteiger partial charge in [-0.25, -0.2) is 9.78 Å². The number of thiazole rings is 1. The molecule has 0 spiro atoms. The van der Waals surface area contributed by atoms with E-state index in [0.29, 0.717) is 23.6 Å². The molecule has 24 heavy (non-hydrogen) atoms. The van der Waals surface area contributed by atoms with Gasteiger partial charge in [0, 0.05) is 12.5 Å². The first kappa shape index (κ1) is 20.9. The minimum absolute atomic E-state index is 0.0467. The van der Waals surface area contributed by atoms with Crippen LogP contribution in [0.25, 0.3) is 0 Å². The van der Waals surface area contributed by atoms with E-state index in [1.54, 1.807) is 0 Å². The van der Waals surface area contributed by atoms with Gasteiger partial charge in [0.1, 0.15) is 0 Å². The maximum atomic E-state index is 11.2. The SMILES string of the molecule is CCCCCCNC(CCc1nc(C(=O)O)c(OCC)s1)C(C)C. The molecule has 6 heteroatoms. The summed E-state index contributed by atoms with van der Waals surface area (Å²) in [4.78, 5) is 15.5. The summed E-state index contributed by atoms with van der Waals surface area (Å²) in [5, 5.41) is 14.1. The molecule has 138 valence electrons. The predicted octanol–water partition coefficient (Wildman–Crippen LogP) is 4.37. The molecule has 0 bridgehead atoms. The largest absolute Gasteiger partial charge is 0.482 e. The van der Waals surface area contributed by atoms with Crippen LogP contribution in [-0.2, 0) is 6.42 Å². The standard InChI is InChI=1S/C18H32N2O3S/c1-5-7-8-9-12-19-14(13(3)4)10-11-15-20-16(17(21)22)18(24-15)23-6-2/h13-14,19H,5-12H2,1-4H3,(H,21,22). The summed E-state index contributed by atoms with van der Waals surface area (Å²) in [5.74, 6) is -0.475. The Hall–Kier alpha value is -1.14. The minimum atomic E-state index is -1.02. The molecule has 1 heterocycles. The van der Waals surface area contributed by atoms with Gasteiger partial charge in [-0.2, -0.15) is 0 Å². The van der Waals surface area contributed by atoms with Crippen LogP contribution in [0.4, 0.5) is 0 Å². The highest BCUT2D eigenvalue weighted by molar-refractivity contribution is 7.13. The van der Waals surface area contributed by atoms with Gasteiger partial charge in [-0.15, -0.1) is 0 Å². The van der Waals surface area contributed by atoms with E-state index in [-0.39, 0.29) is 5.69 Å². The number of aromatic carboxylic acids is 1. The van der Waals surface area contributed by atoms with Gasteiger partial charge in [0.05, 0.1) is 11.6 Å². The summed E-state index contributed by atoms with van der Waals surface area (Å²) in [6.45, 7) is 10.0. The van der Waals surface area contributed by atoms with Crippen LogP contribution in [-0.4, -0.2) is 35.3 Å². The second kappa shape index (κ2) is 11.4. The third kappa shape index (κ3) is 7.18. The molecule has 1 atom stereocenters. The number of unbranched alkanes of at least 4 members (excludes halogenated alkanes) is 3. The second-order valence-electron chi connectivity index (χ2n) is 6.39. The Kier molecular flexibility index (Phi) is 9.95. The van der Waals surface area contributed by atoms with Crippen LogP contribution < -0.4 is 10.1 Å². The Morgan fingerprint density at radius 2 is 2.04 bits per heavy atom. The van der Waals surface area contributed by atoms with E-state index < -0.39 is 5.97 Å². The van der Waals surface area contributed by atoms with Crippen LogP contribution in [0.5, 0.6) is 5.06 Å². The molecule has 1 unspecified atom stereocenters. The van der Waals surface area contributed by atoms with E-state index in [0.717, 1.165) is 24.4 Å². The van der Waals surface area contributed by atoms with Gasteiger partial charge in [0.25, 0.3) is 0 Å². The molecule has 0 saturated carbocycles. The maximum absolute atomic E-state index is 11.2. The number of carbonyl (C=O) groups is 1. The summed E-state index contributed by atoms with van der Waals surface area (Å²) >= 11 is 1.36. The quantitative estimate of drug-likeness (QED) is 0.514. The zero-order valence-electron chi connectivity index (χ0n) is 15.4. The molecule has 0 aromatic carbocycles. The molecular formula is C18H32N2O3S. The Bertz CT molecular complexity index is 489. The fourth-order valence-corrected chi connectivity index (χ4v) is 3.59. The Labute approximate surface area is 149 Å². The third-order valence-corrected chi connectivity index (χ3v) is 5.06. The highest BCUT2D eigenvalue weighted by Gasteiger charge is 2.20. The van der Waals surface area contributed by atoms with Gasteiger partial charge in [-0.1, -0.05) is 51.4 Å². The molecular weight excluding hydrogens is 324 g/mol. The van der Waals surface area contributed by atoms with Crippen LogP contribution in [0.3, 0.4) is 0 Å². The first-order valence-corrected chi connectivity index (χ1v) is 9.90. The summed E-state index contributed by atoms with van der Waals surface area (Å²) in [6, 6.07) is 0.430. The van der Waals surface area contributed by atoms with Gasteiger partial charge in [0.2, 0.25) is 10.8 Å². The first-order valence-electron chi connectivity index (χ1n) is 9.08. The molecule has 0 aliphatic rings. The number of ether oxygens (including phenoxy) is 1. The highest BCUT2D eigenvalue weighted by atomic mass is 32.1. The number of nitrogens with zero attached hydrogens (tertiary/aromatic N) is 1. The average molecular weight is 357 g/mol. The Morgan fingerprint density at radius 1 is 1.29 bits per heavy atom. The lowest BCUT2D eigenvalue weighted by Crippen LogP contribution is -2.35. The number of aryl methyl sites for hydroxylation is 1. The Balaban J connectivity index is 2.54. The number of rotatable bonds is 13. The zero-order valence-corrected chi connectivity index (χ0v) is 16.2. The lowest BCUT2D eigenvalue weighted by atomic mass is 9.99. The van der Waals surface area contributed by atoms with E-state index in [2.05, 4.69) is 31.1 Å². The van der Waals surface area contributed by atoms with Crippen molar-refractivity contribution in [3.05, 3.63) is 10.7 Å². The normalized spacial score (nSPS) is 12.5. The number of aromatic nitrogens is 1. The molecule has 1 rings (SSSR count). The van der Waals surface area contributed by atoms with Gasteiger partial charge in [-0.3, -0.25) is 0 Å². The van der Waals surface area contributed by atoms with E-state index in [1.165, 1.54) is 37.0 Å². The van der Waals surface area contributed by atoms with E-state index >= 15 is 0 Å². The van der Waals surface area contributed by atoms with Gasteiger partial charge < -0.3 is 15.2 Å². The van der Waals surface area contributed by atoms with E-state index in [1.807, 2.05) is 6.92 Å². The molecule has 0 fully saturated rings. The molecule has 0 amide bonds. The van der Waals surface area contributed by atoms with Gasteiger partial charge >= 0.3 is 5.97 Å². The second-order valence-corrected chi connectivity index (χ2v) is 7.43. The van der Waals surface area contributed by atoms with Gasteiger partial charge in [-0.05, 0) is 32.2 Å². The third-order valence-electron chi connectivity index (χ3n) is 4.03. The topological polar surface area (TPSA) is 71.5 Å². The van der Waals surface area contributed by atoms with Crippen molar-refractivity contribution in [1.29, 1.82) is 0 Å². The van der Waals surface area contributed by atoms with Crippen molar-refractivity contribution >= 4 is 17.3 Å². The highest BCUT2D eigenvalue weighted by Crippen LogP contribution is 2.28. The summed E-state index contributed by atoms with van der Waals surface area (Å²) in [6.07, 6.45) is 6.79. The number of hydrogen-bond acceptors (Lipinski definition) is 5. The monoisotopic (exact) mass is 356 g/mol. The van der Waals surface area contributed by atoms with Crippen molar-refractivity contribution in [2.24, 2.45) is 5.92 Å². The minimum Gasteiger partial charge on any atom is -0.482 e. The molecule has 0 aliphatic carbocycles. The average Bonchev–Trinajstić information content (AvgIpc) is 2.93. The summed E-state index contributed by atoms with van der Waals surface area (Å²) < 4.78 is 5.40. The molecule has 1 aromatic rings. The number of carboxylic acid groups (broad SMARTS) is 1. The van der Waals surface area contributed by atoms with Gasteiger partial charge in [0.15, 0.2) is 0 Å². The van der Waals surface area contributed by atoms with E-state index in [4.69, 9.17) is 4.74 Å². The molecule has 5 nitrogen and oxygen atoms in total. The number of hydrogen-bond donors (Lipinski definition) is 2. The maximum Gasteiger partial charge on any atom is 0.359 e. The fourth-order valence-electron chi connectivity index (χ4n) is 2.61. The smallest absolute Gasteiger partial charge is 0.359 e. The molecule has 1 aromatic heterocycles. The van der Waals surface area contributed by atoms with Crippen molar-refractivity contribution in [2.75, 3.05) is 13.2 Å². The molecule has 0 radical (unpaired) electrons. The van der Waals surface area contributed by atoms with Crippen LogP contribution in [0.15, 0.2) is 0 Å². The molecule has 0 saturated heterocycles. The predicted molar refractivity (Wildman–Crippen MR) is 99.3 cm³/mol. The van der Waals surface area contributed by atoms with Crippen LogP contribution in [0, 0.1) is 5.92 Å². The van der Waals surface area contributed by atoms with Crippen molar-refractivity contribution < 1.29 is 14.6 Å². The van der Waals surface area contributed by atoms with Crippen LogP contribution >= 0.6 is 11.3 Å². The van der Waals surface area contributed by atoms with Crippen molar-refractivity contribution in [1.82, 2.24) is 10.3 Å². The Morgan fingerprint density at radius 3 is 2.62 bits per heavy atom. The first-order chi connectivity index (χ1) is 11.5. The summed E-state index contributed by atoms with van der Waals surface area (Å²) in [7, 11) is 0. The van der Waals surface area contributed by atoms with Crippen molar-refractivity contribution in [2.45, 2.75) is 72.3 Å².